The van der Waals surface area contributed by atoms with Crippen LogP contribution < -0.4 is 10.6 Å². The lowest BCUT2D eigenvalue weighted by molar-refractivity contribution is -0.128. The molecule has 0 spiro atoms. The van der Waals surface area contributed by atoms with E-state index in [9.17, 15) is 19.2 Å². The van der Waals surface area contributed by atoms with Crippen molar-refractivity contribution in [3.05, 3.63) is 0 Å². The van der Waals surface area contributed by atoms with Crippen molar-refractivity contribution < 1.29 is 19.2 Å². The Morgan fingerprint density at radius 1 is 1.16 bits per heavy atom. The summed E-state index contributed by atoms with van der Waals surface area (Å²) in [6.45, 7) is 4.22. The number of imide groups is 1. The van der Waals surface area contributed by atoms with Crippen molar-refractivity contribution in [3.8, 4) is 0 Å². The van der Waals surface area contributed by atoms with E-state index in [1.54, 1.807) is 0 Å². The molecule has 2 rings (SSSR count). The number of hydrogen-bond acceptors (Lipinski definition) is 5. The SMILES string of the molecule is CC(C)(CC(=O)NCCN1C(=O)CSC1=O)CC(=O)NC1CCCC1. The van der Waals surface area contributed by atoms with Gasteiger partial charge in [-0.15, -0.1) is 0 Å². The second-order valence-electron chi connectivity index (χ2n) is 7.52. The minimum absolute atomic E-state index is 0.00464. The Bertz CT molecular complexity index is 528. The number of thioether (sulfide) groups is 1. The Labute approximate surface area is 152 Å². The van der Waals surface area contributed by atoms with Crippen LogP contribution in [0.2, 0.25) is 0 Å². The van der Waals surface area contributed by atoms with Gasteiger partial charge >= 0.3 is 0 Å². The summed E-state index contributed by atoms with van der Waals surface area (Å²) in [5.74, 6) is -0.218. The molecule has 8 heteroatoms. The Hall–Kier alpha value is -1.57. The lowest BCUT2D eigenvalue weighted by atomic mass is 9.85. The molecule has 0 radical (unpaired) electrons. The van der Waals surface area contributed by atoms with Crippen LogP contribution in [0.25, 0.3) is 0 Å². The van der Waals surface area contributed by atoms with Crippen molar-refractivity contribution >= 4 is 34.7 Å². The van der Waals surface area contributed by atoms with Gasteiger partial charge in [0.15, 0.2) is 0 Å². The maximum atomic E-state index is 12.1. The van der Waals surface area contributed by atoms with Crippen LogP contribution in [0.3, 0.4) is 0 Å². The van der Waals surface area contributed by atoms with Crippen LogP contribution in [0.15, 0.2) is 0 Å². The molecule has 1 aliphatic heterocycles. The van der Waals surface area contributed by atoms with E-state index >= 15 is 0 Å². The normalized spacial score (nSPS) is 18.7. The molecule has 0 unspecified atom stereocenters. The first kappa shape index (κ1) is 19.8. The van der Waals surface area contributed by atoms with Gasteiger partial charge in [0.1, 0.15) is 0 Å². The van der Waals surface area contributed by atoms with E-state index in [1.165, 1.54) is 0 Å². The van der Waals surface area contributed by atoms with Crippen molar-refractivity contribution in [2.45, 2.75) is 58.4 Å². The summed E-state index contributed by atoms with van der Waals surface area (Å²) >= 11 is 0.982. The first-order valence-corrected chi connectivity index (χ1v) is 9.78. The largest absolute Gasteiger partial charge is 0.354 e. The Morgan fingerprint density at radius 2 is 1.80 bits per heavy atom. The average molecular weight is 369 g/mol. The highest BCUT2D eigenvalue weighted by atomic mass is 32.2. The second-order valence-corrected chi connectivity index (χ2v) is 8.44. The fraction of sp³-hybridized carbons (Fsp3) is 0.765. The van der Waals surface area contributed by atoms with Gasteiger partial charge in [-0.1, -0.05) is 38.5 Å². The highest BCUT2D eigenvalue weighted by Gasteiger charge is 2.30. The molecule has 1 saturated carbocycles. The van der Waals surface area contributed by atoms with Crippen LogP contribution in [-0.2, 0) is 14.4 Å². The van der Waals surface area contributed by atoms with Gasteiger partial charge in [0.2, 0.25) is 17.7 Å². The van der Waals surface area contributed by atoms with Crippen LogP contribution in [0.5, 0.6) is 0 Å². The molecule has 1 aliphatic carbocycles. The van der Waals surface area contributed by atoms with Gasteiger partial charge in [0.05, 0.1) is 5.75 Å². The van der Waals surface area contributed by atoms with Crippen LogP contribution in [0, 0.1) is 5.41 Å². The molecule has 2 N–H and O–H groups in total. The molecular formula is C17H27N3O4S. The lowest BCUT2D eigenvalue weighted by Gasteiger charge is -2.24. The molecular weight excluding hydrogens is 342 g/mol. The van der Waals surface area contributed by atoms with E-state index in [-0.39, 0.29) is 54.3 Å². The summed E-state index contributed by atoms with van der Waals surface area (Å²) in [4.78, 5) is 48.3. The van der Waals surface area contributed by atoms with Crippen molar-refractivity contribution in [1.29, 1.82) is 0 Å². The number of carbonyl (C=O) groups excluding carboxylic acids is 4. The average Bonchev–Trinajstić information content (AvgIpc) is 3.10. The molecule has 0 bridgehead atoms. The molecule has 0 aromatic heterocycles. The maximum Gasteiger partial charge on any atom is 0.288 e. The van der Waals surface area contributed by atoms with Gasteiger partial charge in [0.25, 0.3) is 5.24 Å². The third-order valence-electron chi connectivity index (χ3n) is 4.50. The molecule has 0 aromatic carbocycles. The summed E-state index contributed by atoms with van der Waals surface area (Å²) in [6, 6.07) is 0.283. The number of nitrogens with one attached hydrogen (secondary N) is 2. The zero-order valence-corrected chi connectivity index (χ0v) is 15.7. The quantitative estimate of drug-likeness (QED) is 0.678. The zero-order chi connectivity index (χ0) is 18.4. The Kier molecular flexibility index (Phi) is 6.87. The van der Waals surface area contributed by atoms with E-state index in [1.807, 2.05) is 13.8 Å². The predicted molar refractivity (Wildman–Crippen MR) is 96.0 cm³/mol. The fourth-order valence-corrected chi connectivity index (χ4v) is 4.00. The number of nitrogens with zero attached hydrogens (tertiary/aromatic N) is 1. The van der Waals surface area contributed by atoms with E-state index in [2.05, 4.69) is 10.6 Å². The summed E-state index contributed by atoms with van der Waals surface area (Å²) in [5.41, 5.74) is -0.443. The van der Waals surface area contributed by atoms with E-state index in [4.69, 9.17) is 0 Å². The topological polar surface area (TPSA) is 95.6 Å². The molecule has 0 atom stereocenters. The first-order valence-electron chi connectivity index (χ1n) is 8.80. The van der Waals surface area contributed by atoms with Gasteiger partial charge in [-0.05, 0) is 18.3 Å². The maximum absolute atomic E-state index is 12.1. The van der Waals surface area contributed by atoms with E-state index < -0.39 is 5.41 Å². The minimum Gasteiger partial charge on any atom is -0.354 e. The summed E-state index contributed by atoms with van der Waals surface area (Å²) in [6.07, 6.45) is 4.94. The number of amides is 4. The lowest BCUT2D eigenvalue weighted by Crippen LogP contribution is -2.40. The molecule has 4 amide bonds. The van der Waals surface area contributed by atoms with Gasteiger partial charge in [0, 0.05) is 32.0 Å². The second kappa shape index (κ2) is 8.69. The number of carbonyl (C=O) groups is 4. The Morgan fingerprint density at radius 3 is 2.40 bits per heavy atom. The zero-order valence-electron chi connectivity index (χ0n) is 14.9. The molecule has 25 heavy (non-hydrogen) atoms. The summed E-state index contributed by atoms with van der Waals surface area (Å²) in [5, 5.41) is 5.51. The third kappa shape index (κ3) is 6.34. The molecule has 2 aliphatic rings. The van der Waals surface area contributed by atoms with Crippen molar-refractivity contribution in [2.24, 2.45) is 5.41 Å². The Balaban J connectivity index is 1.67. The van der Waals surface area contributed by atoms with E-state index in [0.29, 0.717) is 6.42 Å². The number of rotatable bonds is 8. The first-order chi connectivity index (χ1) is 11.8. The molecule has 1 heterocycles. The summed E-state index contributed by atoms with van der Waals surface area (Å²) in [7, 11) is 0. The molecule has 7 nitrogen and oxygen atoms in total. The monoisotopic (exact) mass is 369 g/mol. The van der Waals surface area contributed by atoms with Crippen LogP contribution in [-0.4, -0.2) is 52.7 Å². The highest BCUT2D eigenvalue weighted by Crippen LogP contribution is 2.26. The standard InChI is InChI=1S/C17H27N3O4S/c1-17(2,10-14(22)19-12-5-3-4-6-12)9-13(21)18-7-8-20-15(23)11-25-16(20)24/h12H,3-11H2,1-2H3,(H,18,21)(H,19,22). The van der Waals surface area contributed by atoms with Gasteiger partial charge < -0.3 is 10.6 Å². The summed E-state index contributed by atoms with van der Waals surface area (Å²) < 4.78 is 0. The smallest absolute Gasteiger partial charge is 0.288 e. The third-order valence-corrected chi connectivity index (χ3v) is 5.36. The fourth-order valence-electron chi connectivity index (χ4n) is 3.25. The van der Waals surface area contributed by atoms with Crippen molar-refractivity contribution in [3.63, 3.8) is 0 Å². The van der Waals surface area contributed by atoms with Crippen molar-refractivity contribution in [1.82, 2.24) is 15.5 Å². The molecule has 140 valence electrons. The van der Waals surface area contributed by atoms with Gasteiger partial charge in [-0.2, -0.15) is 0 Å². The molecule has 1 saturated heterocycles. The van der Waals surface area contributed by atoms with E-state index in [0.717, 1.165) is 42.3 Å². The van der Waals surface area contributed by atoms with Gasteiger partial charge in [-0.25, -0.2) is 0 Å². The number of hydrogen-bond donors (Lipinski definition) is 2. The van der Waals surface area contributed by atoms with Crippen LogP contribution in [0.1, 0.15) is 52.4 Å². The minimum atomic E-state index is -0.443. The molecule has 2 fully saturated rings. The highest BCUT2D eigenvalue weighted by molar-refractivity contribution is 8.14. The van der Waals surface area contributed by atoms with Gasteiger partial charge in [-0.3, -0.25) is 24.1 Å². The molecule has 0 aromatic rings. The van der Waals surface area contributed by atoms with Crippen LogP contribution in [0.4, 0.5) is 4.79 Å². The van der Waals surface area contributed by atoms with Crippen LogP contribution >= 0.6 is 11.8 Å². The predicted octanol–water partition coefficient (Wildman–Crippen LogP) is 1.66. The van der Waals surface area contributed by atoms with Crippen molar-refractivity contribution in [2.75, 3.05) is 18.8 Å².